The van der Waals surface area contributed by atoms with Crippen LogP contribution >= 0.6 is 12.4 Å². The molecule has 15 heavy (non-hydrogen) atoms. The lowest BCUT2D eigenvalue weighted by Crippen LogP contribution is -2.29. The number of hydrogen-bond acceptors (Lipinski definition) is 5. The number of nitrogens with one attached hydrogen (secondary N) is 1. The highest BCUT2D eigenvalue weighted by Gasteiger charge is 2.11. The van der Waals surface area contributed by atoms with Gasteiger partial charge in [0.15, 0.2) is 0 Å². The Kier molecular flexibility index (Phi) is 10.8. The third kappa shape index (κ3) is 8.20. The van der Waals surface area contributed by atoms with E-state index >= 15 is 0 Å². The van der Waals surface area contributed by atoms with Gasteiger partial charge in [-0.3, -0.25) is 9.59 Å². The third-order valence-corrected chi connectivity index (χ3v) is 1.79. The van der Waals surface area contributed by atoms with E-state index < -0.39 is 0 Å². The average Bonchev–Trinajstić information content (AvgIpc) is 2.22. The maximum atomic E-state index is 10.9. The van der Waals surface area contributed by atoms with Gasteiger partial charge in [-0.15, -0.1) is 12.4 Å². The Labute approximate surface area is 95.9 Å². The van der Waals surface area contributed by atoms with E-state index in [9.17, 15) is 9.59 Å². The normalized spacial score (nSPS) is 11.1. The van der Waals surface area contributed by atoms with Crippen LogP contribution in [0.15, 0.2) is 0 Å². The molecule has 0 radical (unpaired) electrons. The molecule has 0 aromatic carbocycles. The molecule has 0 heterocycles. The molecule has 0 aromatic rings. The molecule has 0 aliphatic carbocycles. The van der Waals surface area contributed by atoms with Crippen molar-refractivity contribution in [3.8, 4) is 0 Å². The second-order valence-corrected chi connectivity index (χ2v) is 2.95. The summed E-state index contributed by atoms with van der Waals surface area (Å²) in [4.78, 5) is 21.6. The molecule has 90 valence electrons. The van der Waals surface area contributed by atoms with Gasteiger partial charge in [0, 0.05) is 13.1 Å². The number of ether oxygens (including phenoxy) is 2. The summed E-state index contributed by atoms with van der Waals surface area (Å²) in [6.07, 6.45) is 0.310. The summed E-state index contributed by atoms with van der Waals surface area (Å²) in [5, 5.41) is 2.96. The predicted molar refractivity (Wildman–Crippen MR) is 57.9 cm³/mol. The molecular formula is C9H18ClNO4. The summed E-state index contributed by atoms with van der Waals surface area (Å²) in [6, 6.07) is 0. The first-order valence-electron chi connectivity index (χ1n) is 4.47. The zero-order chi connectivity index (χ0) is 11.0. The maximum absolute atomic E-state index is 10.9. The zero-order valence-electron chi connectivity index (χ0n) is 9.24. The van der Waals surface area contributed by atoms with Crippen molar-refractivity contribution in [3.05, 3.63) is 0 Å². The summed E-state index contributed by atoms with van der Waals surface area (Å²) in [7, 11) is 2.70. The summed E-state index contributed by atoms with van der Waals surface area (Å²) in [6.45, 7) is 2.77. The largest absolute Gasteiger partial charge is 0.469 e. The first-order valence-corrected chi connectivity index (χ1v) is 4.47. The van der Waals surface area contributed by atoms with Crippen LogP contribution in [-0.4, -0.2) is 39.2 Å². The van der Waals surface area contributed by atoms with E-state index in [4.69, 9.17) is 0 Å². The Bertz CT molecular complexity index is 199. The summed E-state index contributed by atoms with van der Waals surface area (Å²) >= 11 is 0. The minimum Gasteiger partial charge on any atom is -0.469 e. The molecule has 0 aromatic heterocycles. The molecule has 0 fully saturated rings. The summed E-state index contributed by atoms with van der Waals surface area (Å²) in [5.41, 5.74) is 0. The van der Waals surface area contributed by atoms with Gasteiger partial charge in [-0.25, -0.2) is 0 Å². The van der Waals surface area contributed by atoms with Crippen LogP contribution in [0.1, 0.15) is 13.3 Å². The lowest BCUT2D eigenvalue weighted by molar-refractivity contribution is -0.144. The molecular weight excluding hydrogens is 222 g/mol. The van der Waals surface area contributed by atoms with Gasteiger partial charge < -0.3 is 14.8 Å². The van der Waals surface area contributed by atoms with Crippen molar-refractivity contribution in [3.63, 3.8) is 0 Å². The van der Waals surface area contributed by atoms with Crippen LogP contribution in [0.25, 0.3) is 0 Å². The van der Waals surface area contributed by atoms with E-state index in [1.165, 1.54) is 14.2 Å². The van der Waals surface area contributed by atoms with Crippen LogP contribution in [0, 0.1) is 5.92 Å². The van der Waals surface area contributed by atoms with Crippen molar-refractivity contribution < 1.29 is 19.1 Å². The molecule has 0 saturated heterocycles. The second kappa shape index (κ2) is 9.73. The summed E-state index contributed by atoms with van der Waals surface area (Å²) in [5.74, 6) is -0.712. The van der Waals surface area contributed by atoms with E-state index in [2.05, 4.69) is 14.8 Å². The highest BCUT2D eigenvalue weighted by molar-refractivity contribution is 5.85. The number of methoxy groups -OCH3 is 2. The second-order valence-electron chi connectivity index (χ2n) is 2.95. The van der Waals surface area contributed by atoms with Crippen LogP contribution in [0.3, 0.4) is 0 Å². The Morgan fingerprint density at radius 2 is 1.87 bits per heavy atom. The zero-order valence-corrected chi connectivity index (χ0v) is 10.1. The van der Waals surface area contributed by atoms with Crippen molar-refractivity contribution in [2.24, 2.45) is 5.92 Å². The van der Waals surface area contributed by atoms with Crippen molar-refractivity contribution in [1.29, 1.82) is 0 Å². The molecule has 5 nitrogen and oxygen atoms in total. The highest BCUT2D eigenvalue weighted by Crippen LogP contribution is 1.95. The number of rotatable bonds is 6. The lowest BCUT2D eigenvalue weighted by Gasteiger charge is -2.09. The van der Waals surface area contributed by atoms with E-state index in [0.717, 1.165) is 0 Å². The first kappa shape index (κ1) is 16.6. The Morgan fingerprint density at radius 3 is 2.33 bits per heavy atom. The molecule has 6 heteroatoms. The molecule has 0 aliphatic heterocycles. The first-order chi connectivity index (χ1) is 6.61. The monoisotopic (exact) mass is 239 g/mol. The average molecular weight is 240 g/mol. The fourth-order valence-electron chi connectivity index (χ4n) is 0.896. The van der Waals surface area contributed by atoms with Crippen molar-refractivity contribution in [2.45, 2.75) is 13.3 Å². The highest BCUT2D eigenvalue weighted by atomic mass is 35.5. The SMILES string of the molecule is COC(=O)CCNCC(C)C(=O)OC.Cl. The van der Waals surface area contributed by atoms with Gasteiger partial charge in [-0.1, -0.05) is 6.92 Å². The molecule has 0 aliphatic rings. The summed E-state index contributed by atoms with van der Waals surface area (Å²) < 4.78 is 9.00. The molecule has 0 saturated carbocycles. The van der Waals surface area contributed by atoms with Gasteiger partial charge >= 0.3 is 11.9 Å². The van der Waals surface area contributed by atoms with Crippen LogP contribution in [0.2, 0.25) is 0 Å². The van der Waals surface area contributed by atoms with E-state index in [1.54, 1.807) is 6.92 Å². The molecule has 0 rings (SSSR count). The number of hydrogen-bond donors (Lipinski definition) is 1. The van der Waals surface area contributed by atoms with Crippen molar-refractivity contribution >= 4 is 24.3 Å². The topological polar surface area (TPSA) is 64.6 Å². The predicted octanol–water partition coefficient (Wildman–Crippen LogP) is 0.370. The Morgan fingerprint density at radius 1 is 1.27 bits per heavy atom. The van der Waals surface area contributed by atoms with E-state index in [-0.39, 0.29) is 30.3 Å². The lowest BCUT2D eigenvalue weighted by atomic mass is 10.2. The van der Waals surface area contributed by atoms with Crippen molar-refractivity contribution in [1.82, 2.24) is 5.32 Å². The van der Waals surface area contributed by atoms with Gasteiger partial charge in [0.1, 0.15) is 0 Å². The fraction of sp³-hybridized carbons (Fsp3) is 0.778. The molecule has 1 N–H and O–H groups in total. The minimum atomic E-state index is -0.261. The van der Waals surface area contributed by atoms with Gasteiger partial charge in [0.25, 0.3) is 0 Å². The standard InChI is InChI=1S/C9H17NO4.ClH/c1-7(9(12)14-3)6-10-5-4-8(11)13-2;/h7,10H,4-6H2,1-3H3;1H. The molecule has 0 bridgehead atoms. The smallest absolute Gasteiger partial charge is 0.309 e. The van der Waals surface area contributed by atoms with Gasteiger partial charge in [0.05, 0.1) is 26.6 Å². The van der Waals surface area contributed by atoms with Crippen LogP contribution < -0.4 is 5.32 Å². The van der Waals surface area contributed by atoms with Crippen LogP contribution in [-0.2, 0) is 19.1 Å². The van der Waals surface area contributed by atoms with Gasteiger partial charge in [-0.2, -0.15) is 0 Å². The Balaban J connectivity index is 0. The van der Waals surface area contributed by atoms with Crippen LogP contribution in [0.5, 0.6) is 0 Å². The molecule has 1 unspecified atom stereocenters. The number of halogens is 1. The third-order valence-electron chi connectivity index (χ3n) is 1.79. The fourth-order valence-corrected chi connectivity index (χ4v) is 0.896. The van der Waals surface area contributed by atoms with E-state index in [1.807, 2.05) is 0 Å². The Hall–Kier alpha value is -0.810. The minimum absolute atomic E-state index is 0. The van der Waals surface area contributed by atoms with Gasteiger partial charge in [-0.05, 0) is 0 Å². The molecule has 1 atom stereocenters. The van der Waals surface area contributed by atoms with Gasteiger partial charge in [0.2, 0.25) is 0 Å². The van der Waals surface area contributed by atoms with Crippen molar-refractivity contribution in [2.75, 3.05) is 27.3 Å². The number of esters is 2. The molecule has 0 spiro atoms. The number of carbonyl (C=O) groups excluding carboxylic acids is 2. The van der Waals surface area contributed by atoms with E-state index in [0.29, 0.717) is 19.5 Å². The number of carbonyl (C=O) groups is 2. The maximum Gasteiger partial charge on any atom is 0.309 e. The van der Waals surface area contributed by atoms with Crippen LogP contribution in [0.4, 0.5) is 0 Å². The quantitative estimate of drug-likeness (QED) is 0.536. The molecule has 0 amide bonds.